The van der Waals surface area contributed by atoms with E-state index in [1.54, 1.807) is 0 Å². The second kappa shape index (κ2) is 11.1. The first-order valence-electron chi connectivity index (χ1n) is 12.3. The van der Waals surface area contributed by atoms with Crippen LogP contribution in [0.15, 0.2) is 30.5 Å². The molecule has 1 aliphatic rings. The van der Waals surface area contributed by atoms with Crippen molar-refractivity contribution in [3.05, 3.63) is 30.5 Å². The molecule has 0 atom stereocenters. The summed E-state index contributed by atoms with van der Waals surface area (Å²) in [4.78, 5) is 21.4. The largest absolute Gasteiger partial charge is 0.354 e. The van der Waals surface area contributed by atoms with Crippen molar-refractivity contribution in [2.75, 3.05) is 23.7 Å². The van der Waals surface area contributed by atoms with Crippen LogP contribution in [0.4, 0.5) is 16.4 Å². The third-order valence-corrected chi connectivity index (χ3v) is 6.13. The third kappa shape index (κ3) is 5.61. The van der Waals surface area contributed by atoms with Gasteiger partial charge in [-0.15, -0.1) is 0 Å². The van der Waals surface area contributed by atoms with E-state index in [0.29, 0.717) is 18.5 Å². The zero-order chi connectivity index (χ0) is 23.0. The minimum atomic E-state index is -0.187. The van der Waals surface area contributed by atoms with E-state index in [1.165, 1.54) is 19.3 Å². The number of fused-ring (bicyclic) bond motifs is 1. The molecule has 1 aromatic carbocycles. The van der Waals surface area contributed by atoms with E-state index >= 15 is 0 Å². The Morgan fingerprint density at radius 2 is 1.85 bits per heavy atom. The molecule has 0 unspecified atom stereocenters. The van der Waals surface area contributed by atoms with Crippen molar-refractivity contribution < 1.29 is 4.79 Å². The monoisotopic (exact) mass is 449 g/mol. The van der Waals surface area contributed by atoms with Gasteiger partial charge in [0.05, 0.1) is 11.4 Å². The maximum absolute atomic E-state index is 11.9. The van der Waals surface area contributed by atoms with E-state index in [2.05, 4.69) is 32.5 Å². The Bertz CT molecular complexity index is 1050. The standard InChI is InChI=1S/C25H35N7O/c1-3-5-16-26-24-28-17-21-22(31-32(23(21)30-24)20-9-7-6-8-10-20)18-11-13-19(14-12-18)29-25(33)27-15-4-2/h11-14,17,20H,3-10,15-16H2,1-2H3,(H,26,28,30)(H2,27,29,33). The topological polar surface area (TPSA) is 96.8 Å². The molecular weight excluding hydrogens is 414 g/mol. The molecule has 0 saturated heterocycles. The molecule has 2 aromatic heterocycles. The molecule has 8 heteroatoms. The SMILES string of the molecule is CCCCNc1ncc2c(-c3ccc(NC(=O)NCCC)cc3)nn(C3CCCCC3)c2n1. The highest BCUT2D eigenvalue weighted by Crippen LogP contribution is 2.34. The third-order valence-electron chi connectivity index (χ3n) is 6.13. The van der Waals surface area contributed by atoms with E-state index in [9.17, 15) is 4.79 Å². The number of amides is 2. The molecule has 1 aliphatic carbocycles. The van der Waals surface area contributed by atoms with Crippen molar-refractivity contribution >= 4 is 28.7 Å². The number of carbonyl (C=O) groups is 1. The average molecular weight is 450 g/mol. The van der Waals surface area contributed by atoms with Crippen molar-refractivity contribution in [1.82, 2.24) is 25.1 Å². The number of hydrogen-bond donors (Lipinski definition) is 3. The Labute approximate surface area is 195 Å². The quantitative estimate of drug-likeness (QED) is 0.362. The van der Waals surface area contributed by atoms with Crippen molar-refractivity contribution in [3.8, 4) is 11.3 Å². The molecule has 2 amide bonds. The zero-order valence-corrected chi connectivity index (χ0v) is 19.7. The molecule has 176 valence electrons. The lowest BCUT2D eigenvalue weighted by molar-refractivity contribution is 0.252. The minimum absolute atomic E-state index is 0.187. The summed E-state index contributed by atoms with van der Waals surface area (Å²) in [6.45, 7) is 5.73. The number of nitrogens with one attached hydrogen (secondary N) is 3. The molecule has 1 fully saturated rings. The molecule has 8 nitrogen and oxygen atoms in total. The van der Waals surface area contributed by atoms with Gasteiger partial charge in [-0.05, 0) is 37.8 Å². The Morgan fingerprint density at radius 1 is 1.06 bits per heavy atom. The average Bonchev–Trinajstić information content (AvgIpc) is 3.23. The molecule has 4 rings (SSSR count). The van der Waals surface area contributed by atoms with E-state index in [0.717, 1.165) is 66.6 Å². The minimum Gasteiger partial charge on any atom is -0.354 e. The van der Waals surface area contributed by atoms with Crippen LogP contribution in [0, 0.1) is 0 Å². The fourth-order valence-corrected chi connectivity index (χ4v) is 4.30. The summed E-state index contributed by atoms with van der Waals surface area (Å²) >= 11 is 0. The maximum Gasteiger partial charge on any atom is 0.319 e. The first-order valence-corrected chi connectivity index (χ1v) is 12.3. The lowest BCUT2D eigenvalue weighted by Crippen LogP contribution is -2.29. The highest BCUT2D eigenvalue weighted by atomic mass is 16.2. The molecule has 33 heavy (non-hydrogen) atoms. The molecule has 3 N–H and O–H groups in total. The van der Waals surface area contributed by atoms with Gasteiger partial charge in [0.25, 0.3) is 0 Å². The highest BCUT2D eigenvalue weighted by molar-refractivity contribution is 5.93. The first kappa shape index (κ1) is 23.0. The van der Waals surface area contributed by atoms with Gasteiger partial charge in [-0.3, -0.25) is 0 Å². The molecule has 2 heterocycles. The second-order valence-corrected chi connectivity index (χ2v) is 8.75. The Balaban J connectivity index is 1.63. The smallest absolute Gasteiger partial charge is 0.319 e. The number of benzene rings is 1. The van der Waals surface area contributed by atoms with Gasteiger partial charge in [-0.1, -0.05) is 51.7 Å². The van der Waals surface area contributed by atoms with Crippen molar-refractivity contribution in [3.63, 3.8) is 0 Å². The van der Waals surface area contributed by atoms with Crippen LogP contribution in [0.25, 0.3) is 22.3 Å². The fraction of sp³-hybridized carbons (Fsp3) is 0.520. The number of nitrogens with zero attached hydrogens (tertiary/aromatic N) is 4. The number of unbranched alkanes of at least 4 members (excludes halogenated alkanes) is 1. The molecule has 1 saturated carbocycles. The van der Waals surface area contributed by atoms with Gasteiger partial charge < -0.3 is 16.0 Å². The predicted molar refractivity (Wildman–Crippen MR) is 134 cm³/mol. The molecule has 0 radical (unpaired) electrons. The fourth-order valence-electron chi connectivity index (χ4n) is 4.30. The van der Waals surface area contributed by atoms with Crippen LogP contribution in [-0.4, -0.2) is 38.9 Å². The van der Waals surface area contributed by atoms with Gasteiger partial charge in [0.2, 0.25) is 5.95 Å². The van der Waals surface area contributed by atoms with E-state index in [1.807, 2.05) is 37.4 Å². The van der Waals surface area contributed by atoms with Crippen LogP contribution in [-0.2, 0) is 0 Å². The van der Waals surface area contributed by atoms with Crippen LogP contribution in [0.2, 0.25) is 0 Å². The first-order chi connectivity index (χ1) is 16.2. The summed E-state index contributed by atoms with van der Waals surface area (Å²) < 4.78 is 2.13. The molecule has 0 aliphatic heterocycles. The number of anilines is 2. The van der Waals surface area contributed by atoms with Crippen LogP contribution < -0.4 is 16.0 Å². The Hall–Kier alpha value is -3.16. The molecule has 0 bridgehead atoms. The maximum atomic E-state index is 11.9. The molecule has 3 aromatic rings. The summed E-state index contributed by atoms with van der Waals surface area (Å²) in [5, 5.41) is 15.0. The van der Waals surface area contributed by atoms with Crippen LogP contribution in [0.5, 0.6) is 0 Å². The second-order valence-electron chi connectivity index (χ2n) is 8.75. The van der Waals surface area contributed by atoms with E-state index in [4.69, 9.17) is 10.1 Å². The van der Waals surface area contributed by atoms with Gasteiger partial charge >= 0.3 is 6.03 Å². The van der Waals surface area contributed by atoms with Gasteiger partial charge in [0.1, 0.15) is 5.69 Å². The van der Waals surface area contributed by atoms with E-state index in [-0.39, 0.29) is 6.03 Å². The van der Waals surface area contributed by atoms with Gasteiger partial charge in [0, 0.05) is 30.5 Å². The van der Waals surface area contributed by atoms with E-state index < -0.39 is 0 Å². The summed E-state index contributed by atoms with van der Waals surface area (Å²) in [5.41, 5.74) is 3.52. The van der Waals surface area contributed by atoms with Crippen LogP contribution >= 0.6 is 0 Å². The normalized spacial score (nSPS) is 14.4. The van der Waals surface area contributed by atoms with Crippen molar-refractivity contribution in [1.29, 1.82) is 0 Å². The number of hydrogen-bond acceptors (Lipinski definition) is 5. The van der Waals surface area contributed by atoms with Gasteiger partial charge in [-0.25, -0.2) is 14.5 Å². The highest BCUT2D eigenvalue weighted by Gasteiger charge is 2.22. The lowest BCUT2D eigenvalue weighted by atomic mass is 9.96. The van der Waals surface area contributed by atoms with Crippen LogP contribution in [0.3, 0.4) is 0 Å². The van der Waals surface area contributed by atoms with Gasteiger partial charge in [-0.2, -0.15) is 10.1 Å². The predicted octanol–water partition coefficient (Wildman–Crippen LogP) is 5.74. The summed E-state index contributed by atoms with van der Waals surface area (Å²) in [5.74, 6) is 0.664. The van der Waals surface area contributed by atoms with Crippen molar-refractivity contribution in [2.24, 2.45) is 0 Å². The number of carbonyl (C=O) groups excluding carboxylic acids is 1. The summed E-state index contributed by atoms with van der Waals surface area (Å²) in [6.07, 6.45) is 11.0. The summed E-state index contributed by atoms with van der Waals surface area (Å²) in [6, 6.07) is 8.00. The lowest BCUT2D eigenvalue weighted by Gasteiger charge is -2.22. The number of urea groups is 1. The molecule has 0 spiro atoms. The number of aromatic nitrogens is 4. The molecular formula is C25H35N7O. The van der Waals surface area contributed by atoms with Crippen molar-refractivity contribution in [2.45, 2.75) is 71.3 Å². The van der Waals surface area contributed by atoms with Crippen LogP contribution in [0.1, 0.15) is 71.3 Å². The van der Waals surface area contributed by atoms with Gasteiger partial charge in [0.15, 0.2) is 5.65 Å². The summed E-state index contributed by atoms with van der Waals surface area (Å²) in [7, 11) is 0. The zero-order valence-electron chi connectivity index (χ0n) is 19.7. The Morgan fingerprint density at radius 3 is 2.58 bits per heavy atom. The number of rotatable bonds is 9. The Kier molecular flexibility index (Phi) is 7.75.